The highest BCUT2D eigenvalue weighted by Crippen LogP contribution is 2.40. The van der Waals surface area contributed by atoms with Crippen molar-refractivity contribution in [1.82, 2.24) is 4.98 Å². The molecule has 3 aromatic carbocycles. The Balaban J connectivity index is 1.63. The molecule has 0 fully saturated rings. The molecule has 6 heteroatoms. The van der Waals surface area contributed by atoms with Crippen LogP contribution >= 0.6 is 43.2 Å². The van der Waals surface area contributed by atoms with Gasteiger partial charge in [0, 0.05) is 11.1 Å². The quantitative estimate of drug-likeness (QED) is 0.300. The van der Waals surface area contributed by atoms with Crippen LogP contribution in [0.2, 0.25) is 0 Å². The average Bonchev–Trinajstić information content (AvgIpc) is 3.06. The van der Waals surface area contributed by atoms with E-state index in [4.69, 9.17) is 4.74 Å². The van der Waals surface area contributed by atoms with Gasteiger partial charge in [-0.05, 0) is 62.2 Å². The van der Waals surface area contributed by atoms with Gasteiger partial charge in [0.1, 0.15) is 23.2 Å². The first-order chi connectivity index (χ1) is 12.6. The molecule has 130 valence electrons. The average molecular weight is 493 g/mol. The van der Waals surface area contributed by atoms with Gasteiger partial charge in [-0.3, -0.25) is 0 Å². The summed E-state index contributed by atoms with van der Waals surface area (Å²) in [6.07, 6.45) is 0. The minimum absolute atomic E-state index is 0.157. The van der Waals surface area contributed by atoms with Crippen molar-refractivity contribution in [3.8, 4) is 16.3 Å². The van der Waals surface area contributed by atoms with E-state index in [0.717, 1.165) is 29.7 Å². The number of rotatable bonds is 4. The lowest BCUT2D eigenvalue weighted by Gasteiger charge is -2.12. The summed E-state index contributed by atoms with van der Waals surface area (Å²) in [6.45, 7) is 0.157. The third-order valence-corrected chi connectivity index (χ3v) is 6.13. The van der Waals surface area contributed by atoms with Crippen LogP contribution in [0.5, 0.6) is 5.75 Å². The minimum atomic E-state index is -0.272. The molecule has 0 radical (unpaired) electrons. The molecule has 0 saturated heterocycles. The lowest BCUT2D eigenvalue weighted by Crippen LogP contribution is -1.99. The molecule has 0 N–H and O–H groups in total. The number of para-hydroxylation sites is 1. The van der Waals surface area contributed by atoms with Crippen LogP contribution in [0.4, 0.5) is 4.39 Å². The van der Waals surface area contributed by atoms with Gasteiger partial charge in [-0.1, -0.05) is 30.3 Å². The van der Waals surface area contributed by atoms with Gasteiger partial charge in [0.25, 0.3) is 0 Å². The number of hydrogen-bond donors (Lipinski definition) is 0. The fraction of sp³-hybridized carbons (Fsp3) is 0.0500. The van der Waals surface area contributed by atoms with E-state index in [1.807, 2.05) is 30.3 Å². The maximum atomic E-state index is 13.8. The van der Waals surface area contributed by atoms with Crippen molar-refractivity contribution < 1.29 is 9.13 Å². The molecule has 0 aliphatic rings. The molecule has 4 rings (SSSR count). The van der Waals surface area contributed by atoms with Gasteiger partial charge in [0.15, 0.2) is 0 Å². The van der Waals surface area contributed by atoms with Crippen LogP contribution in [-0.2, 0) is 6.61 Å². The molecule has 0 aliphatic heterocycles. The van der Waals surface area contributed by atoms with Crippen LogP contribution in [0.15, 0.2) is 69.6 Å². The number of halogens is 3. The van der Waals surface area contributed by atoms with Crippen molar-refractivity contribution >= 4 is 53.4 Å². The molecule has 1 aromatic heterocycles. The van der Waals surface area contributed by atoms with Gasteiger partial charge in [-0.15, -0.1) is 11.3 Å². The van der Waals surface area contributed by atoms with Crippen LogP contribution in [0, 0.1) is 5.82 Å². The van der Waals surface area contributed by atoms with Crippen LogP contribution in [0.3, 0.4) is 0 Å². The molecule has 0 spiro atoms. The minimum Gasteiger partial charge on any atom is -0.486 e. The van der Waals surface area contributed by atoms with Gasteiger partial charge in [0.2, 0.25) is 0 Å². The van der Waals surface area contributed by atoms with E-state index in [2.05, 4.69) is 42.9 Å². The van der Waals surface area contributed by atoms with Gasteiger partial charge >= 0.3 is 0 Å². The Morgan fingerprint density at radius 1 is 0.962 bits per heavy atom. The van der Waals surface area contributed by atoms with Gasteiger partial charge in [0.05, 0.1) is 19.2 Å². The number of benzene rings is 3. The summed E-state index contributed by atoms with van der Waals surface area (Å²) in [4.78, 5) is 4.69. The maximum absolute atomic E-state index is 13.8. The largest absolute Gasteiger partial charge is 0.486 e. The van der Waals surface area contributed by atoms with Crippen LogP contribution in [-0.4, -0.2) is 4.98 Å². The SMILES string of the molecule is Fc1ccccc1COc1c(Br)cc(-c2nc3ccccc3s2)cc1Br. The number of nitrogens with zero attached hydrogens (tertiary/aromatic N) is 1. The lowest BCUT2D eigenvalue weighted by molar-refractivity contribution is 0.296. The summed E-state index contributed by atoms with van der Waals surface area (Å²) in [5.74, 6) is 0.365. The molecule has 0 unspecified atom stereocenters. The lowest BCUT2D eigenvalue weighted by atomic mass is 10.2. The topological polar surface area (TPSA) is 22.1 Å². The zero-order valence-corrected chi connectivity index (χ0v) is 17.4. The third-order valence-electron chi connectivity index (χ3n) is 3.87. The molecule has 0 saturated carbocycles. The van der Waals surface area contributed by atoms with Crippen molar-refractivity contribution in [1.29, 1.82) is 0 Å². The monoisotopic (exact) mass is 491 g/mol. The van der Waals surface area contributed by atoms with E-state index in [9.17, 15) is 4.39 Å². The number of hydrogen-bond acceptors (Lipinski definition) is 3. The first kappa shape index (κ1) is 17.6. The highest BCUT2D eigenvalue weighted by atomic mass is 79.9. The number of fused-ring (bicyclic) bond motifs is 1. The van der Waals surface area contributed by atoms with Crippen molar-refractivity contribution in [2.75, 3.05) is 0 Å². The van der Waals surface area contributed by atoms with Crippen molar-refractivity contribution in [3.63, 3.8) is 0 Å². The zero-order chi connectivity index (χ0) is 18.1. The van der Waals surface area contributed by atoms with E-state index in [1.165, 1.54) is 6.07 Å². The molecular formula is C20H12Br2FNOS. The van der Waals surface area contributed by atoms with E-state index >= 15 is 0 Å². The zero-order valence-electron chi connectivity index (χ0n) is 13.4. The molecule has 4 aromatic rings. The van der Waals surface area contributed by atoms with Gasteiger partial charge in [-0.2, -0.15) is 0 Å². The van der Waals surface area contributed by atoms with Crippen molar-refractivity contribution in [2.45, 2.75) is 6.61 Å². The summed E-state index contributed by atoms with van der Waals surface area (Å²) in [5.41, 5.74) is 2.49. The number of ether oxygens (including phenoxy) is 1. The van der Waals surface area contributed by atoms with E-state index in [-0.39, 0.29) is 12.4 Å². The molecule has 0 amide bonds. The van der Waals surface area contributed by atoms with Crippen LogP contribution in [0.25, 0.3) is 20.8 Å². The summed E-state index contributed by atoms with van der Waals surface area (Å²) in [7, 11) is 0. The number of aromatic nitrogens is 1. The van der Waals surface area contributed by atoms with E-state index in [1.54, 1.807) is 29.5 Å². The van der Waals surface area contributed by atoms with Crippen molar-refractivity contribution in [3.05, 3.63) is 81.0 Å². The Kier molecular flexibility index (Phi) is 5.07. The summed E-state index contributed by atoms with van der Waals surface area (Å²) in [5, 5.41) is 0.938. The summed E-state index contributed by atoms with van der Waals surface area (Å²) < 4.78 is 22.3. The van der Waals surface area contributed by atoms with Crippen LogP contribution in [0.1, 0.15) is 5.56 Å². The summed E-state index contributed by atoms with van der Waals surface area (Å²) >= 11 is 8.76. The fourth-order valence-electron chi connectivity index (χ4n) is 2.58. The molecule has 0 aliphatic carbocycles. The second kappa shape index (κ2) is 7.47. The third kappa shape index (κ3) is 3.54. The van der Waals surface area contributed by atoms with Crippen LogP contribution < -0.4 is 4.74 Å². The Labute approximate surface area is 170 Å². The predicted molar refractivity (Wildman–Crippen MR) is 111 cm³/mol. The molecule has 1 heterocycles. The molecule has 0 bridgehead atoms. The Hall–Kier alpha value is -1.76. The second-order valence-electron chi connectivity index (χ2n) is 5.64. The predicted octanol–water partition coefficient (Wildman–Crippen LogP) is 7.21. The number of thiazole rings is 1. The summed E-state index contributed by atoms with van der Waals surface area (Å²) in [6, 6.07) is 18.6. The van der Waals surface area contributed by atoms with Crippen molar-refractivity contribution in [2.24, 2.45) is 0 Å². The first-order valence-corrected chi connectivity index (χ1v) is 10.2. The van der Waals surface area contributed by atoms with E-state index in [0.29, 0.717) is 11.3 Å². The standard InChI is InChI=1S/C20H12Br2FNOS/c21-14-9-13(20-24-17-7-3-4-8-18(17)26-20)10-15(22)19(14)25-11-12-5-1-2-6-16(12)23/h1-10H,11H2. The first-order valence-electron chi connectivity index (χ1n) is 7.83. The Morgan fingerprint density at radius 3 is 2.38 bits per heavy atom. The molecule has 26 heavy (non-hydrogen) atoms. The smallest absolute Gasteiger partial charge is 0.148 e. The maximum Gasteiger partial charge on any atom is 0.148 e. The highest BCUT2D eigenvalue weighted by Gasteiger charge is 2.14. The van der Waals surface area contributed by atoms with Gasteiger partial charge in [-0.25, -0.2) is 9.37 Å². The highest BCUT2D eigenvalue weighted by molar-refractivity contribution is 9.11. The van der Waals surface area contributed by atoms with E-state index < -0.39 is 0 Å². The Bertz CT molecular complexity index is 1040. The normalized spacial score (nSPS) is 11.0. The molecular weight excluding hydrogens is 481 g/mol. The molecule has 2 nitrogen and oxygen atoms in total. The second-order valence-corrected chi connectivity index (χ2v) is 8.38. The van der Waals surface area contributed by atoms with Gasteiger partial charge < -0.3 is 4.74 Å². The Morgan fingerprint density at radius 2 is 1.65 bits per heavy atom. The fourth-order valence-corrected chi connectivity index (χ4v) is 4.95. The molecule has 0 atom stereocenters.